The van der Waals surface area contributed by atoms with Crippen molar-refractivity contribution in [3.63, 3.8) is 0 Å². The zero-order valence-electron chi connectivity index (χ0n) is 9.64. The Labute approximate surface area is 119 Å². The maximum Gasteiger partial charge on any atom is 0.148 e. The van der Waals surface area contributed by atoms with E-state index in [-0.39, 0.29) is 4.99 Å². The molecule has 18 heavy (non-hydrogen) atoms. The summed E-state index contributed by atoms with van der Waals surface area (Å²) >= 11 is 8.27. The Morgan fingerprint density at radius 3 is 2.67 bits per heavy atom. The smallest absolute Gasteiger partial charge is 0.148 e. The predicted octanol–water partition coefficient (Wildman–Crippen LogP) is 2.93. The highest BCUT2D eigenvalue weighted by Gasteiger charge is 2.01. The molecule has 2 rings (SSSR count). The number of hydrogen-bond donors (Lipinski definition) is 2. The number of anilines is 2. The summed E-state index contributed by atoms with van der Waals surface area (Å²) in [7, 11) is 0. The van der Waals surface area contributed by atoms with Crippen molar-refractivity contribution in [2.24, 2.45) is 5.73 Å². The predicted molar refractivity (Wildman–Crippen MR) is 80.1 cm³/mol. The summed E-state index contributed by atoms with van der Waals surface area (Å²) in [6.07, 6.45) is 3.16. The number of aryl methyl sites for hydroxylation is 1. The molecule has 0 fully saturated rings. The van der Waals surface area contributed by atoms with Crippen molar-refractivity contribution in [1.29, 1.82) is 0 Å². The van der Waals surface area contributed by atoms with Crippen molar-refractivity contribution in [2.75, 3.05) is 5.32 Å². The summed E-state index contributed by atoms with van der Waals surface area (Å²) in [6.45, 7) is 2.02. The van der Waals surface area contributed by atoms with Crippen LogP contribution < -0.4 is 11.1 Å². The number of benzene rings is 1. The van der Waals surface area contributed by atoms with E-state index in [0.29, 0.717) is 11.5 Å². The van der Waals surface area contributed by atoms with Gasteiger partial charge >= 0.3 is 0 Å². The highest BCUT2D eigenvalue weighted by atomic mass is 79.9. The first-order chi connectivity index (χ1) is 8.56. The van der Waals surface area contributed by atoms with Gasteiger partial charge in [0.15, 0.2) is 0 Å². The van der Waals surface area contributed by atoms with E-state index in [2.05, 4.69) is 31.2 Å². The maximum atomic E-state index is 5.46. The molecule has 6 heteroatoms. The van der Waals surface area contributed by atoms with Crippen LogP contribution in [-0.2, 0) is 0 Å². The van der Waals surface area contributed by atoms with Crippen LogP contribution in [-0.4, -0.2) is 15.0 Å². The van der Waals surface area contributed by atoms with Crippen LogP contribution in [0.4, 0.5) is 11.5 Å². The van der Waals surface area contributed by atoms with Gasteiger partial charge in [0.2, 0.25) is 0 Å². The first-order valence-electron chi connectivity index (χ1n) is 5.21. The Kier molecular flexibility index (Phi) is 3.88. The number of nitrogens with one attached hydrogen (secondary N) is 1. The summed E-state index contributed by atoms with van der Waals surface area (Å²) in [5.74, 6) is 0.650. The second-order valence-electron chi connectivity index (χ2n) is 3.74. The van der Waals surface area contributed by atoms with E-state index in [1.54, 1.807) is 12.4 Å². The Morgan fingerprint density at radius 1 is 1.33 bits per heavy atom. The fraction of sp³-hybridized carbons (Fsp3) is 0.0833. The fourth-order valence-corrected chi connectivity index (χ4v) is 1.74. The molecule has 0 unspecified atom stereocenters. The lowest BCUT2D eigenvalue weighted by molar-refractivity contribution is 1.18. The standard InChI is InChI=1S/C12H11BrN4S/c1-7-4-8(2-3-9(7)13)17-11-6-15-10(5-16-11)12(14)18/h2-6H,1H3,(H2,14,18)(H,16,17). The molecule has 4 nitrogen and oxygen atoms in total. The molecule has 0 bridgehead atoms. The van der Waals surface area contributed by atoms with Crippen molar-refractivity contribution in [2.45, 2.75) is 6.92 Å². The third-order valence-electron chi connectivity index (χ3n) is 2.33. The Hall–Kier alpha value is -1.53. The van der Waals surface area contributed by atoms with Crippen LogP contribution in [0.2, 0.25) is 0 Å². The topological polar surface area (TPSA) is 63.8 Å². The van der Waals surface area contributed by atoms with Gasteiger partial charge in [-0.25, -0.2) is 9.97 Å². The lowest BCUT2D eigenvalue weighted by Gasteiger charge is -2.07. The van der Waals surface area contributed by atoms with E-state index in [9.17, 15) is 0 Å². The zero-order chi connectivity index (χ0) is 13.1. The summed E-state index contributed by atoms with van der Waals surface area (Å²) in [6, 6.07) is 5.96. The molecule has 0 aliphatic carbocycles. The lowest BCUT2D eigenvalue weighted by atomic mass is 10.2. The Balaban J connectivity index is 2.18. The maximum absolute atomic E-state index is 5.46. The number of hydrogen-bond acceptors (Lipinski definition) is 4. The normalized spacial score (nSPS) is 10.1. The zero-order valence-corrected chi connectivity index (χ0v) is 12.0. The monoisotopic (exact) mass is 322 g/mol. The van der Waals surface area contributed by atoms with E-state index >= 15 is 0 Å². The molecule has 0 aliphatic rings. The van der Waals surface area contributed by atoms with Gasteiger partial charge in [0.05, 0.1) is 12.4 Å². The van der Waals surface area contributed by atoms with Crippen LogP contribution in [0.5, 0.6) is 0 Å². The van der Waals surface area contributed by atoms with Crippen molar-refractivity contribution >= 4 is 44.6 Å². The lowest BCUT2D eigenvalue weighted by Crippen LogP contribution is -2.12. The van der Waals surface area contributed by atoms with Crippen LogP contribution in [0.3, 0.4) is 0 Å². The van der Waals surface area contributed by atoms with Crippen molar-refractivity contribution in [1.82, 2.24) is 9.97 Å². The first-order valence-corrected chi connectivity index (χ1v) is 6.41. The summed E-state index contributed by atoms with van der Waals surface area (Å²) in [5.41, 5.74) is 8.07. The van der Waals surface area contributed by atoms with Crippen LogP contribution >= 0.6 is 28.1 Å². The molecule has 1 heterocycles. The molecule has 3 N–H and O–H groups in total. The minimum atomic E-state index is 0.244. The molecule has 0 atom stereocenters. The van der Waals surface area contributed by atoms with E-state index in [1.807, 2.05) is 25.1 Å². The average Bonchev–Trinajstić information content (AvgIpc) is 2.34. The van der Waals surface area contributed by atoms with Crippen LogP contribution in [0.15, 0.2) is 35.1 Å². The van der Waals surface area contributed by atoms with Gasteiger partial charge in [0.1, 0.15) is 16.5 Å². The largest absolute Gasteiger partial charge is 0.388 e. The summed E-state index contributed by atoms with van der Waals surface area (Å²) < 4.78 is 1.07. The molecule has 1 aromatic heterocycles. The molecule has 0 spiro atoms. The number of aromatic nitrogens is 2. The molecule has 92 valence electrons. The van der Waals surface area contributed by atoms with E-state index < -0.39 is 0 Å². The number of rotatable bonds is 3. The number of nitrogens with two attached hydrogens (primary N) is 1. The molecule has 0 aliphatic heterocycles. The first kappa shape index (κ1) is 12.9. The highest BCUT2D eigenvalue weighted by Crippen LogP contribution is 2.21. The van der Waals surface area contributed by atoms with E-state index in [1.165, 1.54) is 0 Å². The average molecular weight is 323 g/mol. The number of thiocarbonyl (C=S) groups is 1. The van der Waals surface area contributed by atoms with Crippen molar-refractivity contribution in [3.8, 4) is 0 Å². The number of nitrogens with zero attached hydrogens (tertiary/aromatic N) is 2. The van der Waals surface area contributed by atoms with Gasteiger partial charge in [-0.3, -0.25) is 0 Å². The Bertz CT molecular complexity index is 583. The molecule has 0 amide bonds. The highest BCUT2D eigenvalue weighted by molar-refractivity contribution is 9.10. The quantitative estimate of drug-likeness (QED) is 0.851. The molecule has 1 aromatic carbocycles. The minimum Gasteiger partial charge on any atom is -0.388 e. The second kappa shape index (κ2) is 5.41. The van der Waals surface area contributed by atoms with E-state index in [0.717, 1.165) is 15.7 Å². The third-order valence-corrected chi connectivity index (χ3v) is 3.43. The fourth-order valence-electron chi connectivity index (χ4n) is 1.39. The van der Waals surface area contributed by atoms with Gasteiger partial charge in [-0.15, -0.1) is 0 Å². The van der Waals surface area contributed by atoms with Crippen molar-refractivity contribution < 1.29 is 0 Å². The molecule has 0 saturated heterocycles. The van der Waals surface area contributed by atoms with Crippen LogP contribution in [0, 0.1) is 6.92 Å². The van der Waals surface area contributed by atoms with Gasteiger partial charge < -0.3 is 11.1 Å². The van der Waals surface area contributed by atoms with Crippen LogP contribution in [0.25, 0.3) is 0 Å². The van der Waals surface area contributed by atoms with E-state index in [4.69, 9.17) is 18.0 Å². The second-order valence-corrected chi connectivity index (χ2v) is 5.03. The molecule has 0 saturated carbocycles. The van der Waals surface area contributed by atoms with Gasteiger partial charge in [0, 0.05) is 10.2 Å². The SMILES string of the molecule is Cc1cc(Nc2cnc(C(N)=S)cn2)ccc1Br. The van der Waals surface area contributed by atoms with Crippen molar-refractivity contribution in [3.05, 3.63) is 46.3 Å². The molecule has 2 aromatic rings. The molecular formula is C12H11BrN4S. The van der Waals surface area contributed by atoms with Gasteiger partial charge in [-0.1, -0.05) is 28.1 Å². The Morgan fingerprint density at radius 2 is 2.11 bits per heavy atom. The minimum absolute atomic E-state index is 0.244. The van der Waals surface area contributed by atoms with Crippen LogP contribution in [0.1, 0.15) is 11.3 Å². The van der Waals surface area contributed by atoms with Gasteiger partial charge in [-0.05, 0) is 30.7 Å². The van der Waals surface area contributed by atoms with Gasteiger partial charge in [0.25, 0.3) is 0 Å². The number of halogens is 1. The third kappa shape index (κ3) is 3.02. The van der Waals surface area contributed by atoms with Gasteiger partial charge in [-0.2, -0.15) is 0 Å². The molecule has 0 radical (unpaired) electrons. The summed E-state index contributed by atoms with van der Waals surface area (Å²) in [5, 5.41) is 3.16. The summed E-state index contributed by atoms with van der Waals surface area (Å²) in [4.78, 5) is 8.55. The molecular weight excluding hydrogens is 312 g/mol.